The zero-order valence-electron chi connectivity index (χ0n) is 20.0. The Morgan fingerprint density at radius 2 is 1.13 bits per heavy atom. The topological polar surface area (TPSA) is 55.8 Å². The van der Waals surface area contributed by atoms with Gasteiger partial charge in [0.2, 0.25) is 0 Å². The molecule has 0 unspecified atom stereocenters. The number of likely N-dealkylation sites (N-methyl/N-ethyl adjacent to an activating group) is 1. The molecule has 1 aromatic rings. The first-order valence-corrected chi connectivity index (χ1v) is 12.3. The maximum atomic E-state index is 12.5. The molecular formula is C26H43NO4. The van der Waals surface area contributed by atoms with Crippen molar-refractivity contribution in [2.24, 2.45) is 0 Å². The molecule has 0 N–H and O–H groups in total. The number of hydrogen-bond acceptors (Lipinski definition) is 5. The van der Waals surface area contributed by atoms with Crippen molar-refractivity contribution in [3.05, 3.63) is 35.4 Å². The van der Waals surface area contributed by atoms with Crippen LogP contribution >= 0.6 is 0 Å². The minimum absolute atomic E-state index is 0.273. The van der Waals surface area contributed by atoms with Crippen LogP contribution in [0.4, 0.5) is 0 Å². The van der Waals surface area contributed by atoms with Crippen LogP contribution in [0.15, 0.2) is 24.3 Å². The van der Waals surface area contributed by atoms with E-state index in [0.29, 0.717) is 19.8 Å². The summed E-state index contributed by atoms with van der Waals surface area (Å²) in [6, 6.07) is 6.72. The van der Waals surface area contributed by atoms with Gasteiger partial charge in [0.05, 0.1) is 17.7 Å². The average Bonchev–Trinajstić information content (AvgIpc) is 2.80. The van der Waals surface area contributed by atoms with Crippen molar-refractivity contribution in [3.63, 3.8) is 0 Å². The molecule has 0 aromatic heterocycles. The van der Waals surface area contributed by atoms with Crippen molar-refractivity contribution >= 4 is 11.9 Å². The summed E-state index contributed by atoms with van der Waals surface area (Å²) in [6.45, 7) is 9.60. The number of carbonyl (C=O) groups is 2. The Balaban J connectivity index is 2.29. The molecule has 0 atom stereocenters. The largest absolute Gasteiger partial charge is 0.462 e. The summed E-state index contributed by atoms with van der Waals surface area (Å²) >= 11 is 0. The first kappa shape index (κ1) is 27.2. The molecular weight excluding hydrogens is 390 g/mol. The Bertz CT molecular complexity index is 613. The van der Waals surface area contributed by atoms with Crippen molar-refractivity contribution in [3.8, 4) is 0 Å². The first-order chi connectivity index (χ1) is 15.1. The van der Waals surface area contributed by atoms with E-state index >= 15 is 0 Å². The predicted molar refractivity (Wildman–Crippen MR) is 127 cm³/mol. The molecule has 0 radical (unpaired) electrons. The van der Waals surface area contributed by atoms with Gasteiger partial charge < -0.3 is 14.4 Å². The number of hydrogen-bond donors (Lipinski definition) is 0. The lowest BCUT2D eigenvalue weighted by molar-refractivity contribution is 0.0432. The van der Waals surface area contributed by atoms with Gasteiger partial charge in [0.25, 0.3) is 0 Å². The average molecular weight is 434 g/mol. The van der Waals surface area contributed by atoms with E-state index in [2.05, 4.69) is 25.7 Å². The van der Waals surface area contributed by atoms with Crippen LogP contribution in [-0.4, -0.2) is 49.7 Å². The lowest BCUT2D eigenvalue weighted by Crippen LogP contribution is -2.28. The van der Waals surface area contributed by atoms with Crippen LogP contribution in [0.25, 0.3) is 0 Å². The van der Waals surface area contributed by atoms with Crippen LogP contribution in [0, 0.1) is 0 Å². The number of rotatable bonds is 18. The summed E-state index contributed by atoms with van der Waals surface area (Å²) in [5.74, 6) is -0.925. The summed E-state index contributed by atoms with van der Waals surface area (Å²) in [5.41, 5.74) is 0.553. The van der Waals surface area contributed by atoms with Crippen molar-refractivity contribution in [1.82, 2.24) is 4.90 Å². The van der Waals surface area contributed by atoms with Gasteiger partial charge in [-0.25, -0.2) is 9.59 Å². The standard InChI is InChI=1S/C26H43NO4/c1-4-7-8-9-10-11-12-13-14-17-21-30-25(28)23-18-15-16-19-24(23)26(29)31-22-20-27(5-2)6-3/h15-16,18-19H,4-14,17,20-22H2,1-3H3. The summed E-state index contributed by atoms with van der Waals surface area (Å²) in [4.78, 5) is 27.1. The van der Waals surface area contributed by atoms with E-state index in [0.717, 1.165) is 25.9 Å². The van der Waals surface area contributed by atoms with Crippen LogP contribution in [0.5, 0.6) is 0 Å². The van der Waals surface area contributed by atoms with E-state index in [1.165, 1.54) is 51.4 Å². The number of benzene rings is 1. The molecule has 0 spiro atoms. The summed E-state index contributed by atoms with van der Waals surface area (Å²) in [6.07, 6.45) is 12.3. The molecule has 5 nitrogen and oxygen atoms in total. The molecule has 0 saturated heterocycles. The number of unbranched alkanes of at least 4 members (excludes halogenated alkanes) is 9. The fourth-order valence-corrected chi connectivity index (χ4v) is 3.56. The molecule has 5 heteroatoms. The Morgan fingerprint density at radius 1 is 0.677 bits per heavy atom. The zero-order valence-corrected chi connectivity index (χ0v) is 20.0. The minimum atomic E-state index is -0.473. The smallest absolute Gasteiger partial charge is 0.339 e. The monoisotopic (exact) mass is 433 g/mol. The summed E-state index contributed by atoms with van der Waals surface area (Å²) < 4.78 is 10.8. The molecule has 31 heavy (non-hydrogen) atoms. The molecule has 176 valence electrons. The van der Waals surface area contributed by atoms with E-state index in [-0.39, 0.29) is 11.1 Å². The molecule has 0 bridgehead atoms. The third-order valence-electron chi connectivity index (χ3n) is 5.63. The van der Waals surface area contributed by atoms with E-state index in [9.17, 15) is 9.59 Å². The van der Waals surface area contributed by atoms with Gasteiger partial charge in [-0.05, 0) is 31.6 Å². The lowest BCUT2D eigenvalue weighted by atomic mass is 10.1. The van der Waals surface area contributed by atoms with Crippen LogP contribution < -0.4 is 0 Å². The van der Waals surface area contributed by atoms with Crippen molar-refractivity contribution in [1.29, 1.82) is 0 Å². The molecule has 0 heterocycles. The highest BCUT2D eigenvalue weighted by Gasteiger charge is 2.19. The summed E-state index contributed by atoms with van der Waals surface area (Å²) in [5, 5.41) is 0. The van der Waals surface area contributed by atoms with Gasteiger partial charge in [0, 0.05) is 6.54 Å². The maximum Gasteiger partial charge on any atom is 0.339 e. The van der Waals surface area contributed by atoms with Crippen LogP contribution in [-0.2, 0) is 9.47 Å². The van der Waals surface area contributed by atoms with Gasteiger partial charge in [-0.2, -0.15) is 0 Å². The second-order valence-corrected chi connectivity index (χ2v) is 8.03. The number of esters is 2. The molecule has 0 aliphatic rings. The highest BCUT2D eigenvalue weighted by Crippen LogP contribution is 2.14. The quantitative estimate of drug-likeness (QED) is 0.202. The number of carbonyl (C=O) groups excluding carboxylic acids is 2. The fraction of sp³-hybridized carbons (Fsp3) is 0.692. The SMILES string of the molecule is CCCCCCCCCCCCOC(=O)c1ccccc1C(=O)OCCN(CC)CC. The molecule has 0 aliphatic heterocycles. The molecule has 0 aliphatic carbocycles. The fourth-order valence-electron chi connectivity index (χ4n) is 3.56. The Morgan fingerprint density at radius 3 is 1.61 bits per heavy atom. The van der Waals surface area contributed by atoms with E-state index in [1.807, 2.05) is 0 Å². The second kappa shape index (κ2) is 17.8. The molecule has 1 rings (SSSR count). The first-order valence-electron chi connectivity index (χ1n) is 12.3. The van der Waals surface area contributed by atoms with Crippen LogP contribution in [0.2, 0.25) is 0 Å². The zero-order chi connectivity index (χ0) is 22.7. The van der Waals surface area contributed by atoms with E-state index < -0.39 is 11.9 Å². The highest BCUT2D eigenvalue weighted by atomic mass is 16.5. The molecule has 0 saturated carbocycles. The van der Waals surface area contributed by atoms with Gasteiger partial charge >= 0.3 is 11.9 Å². The van der Waals surface area contributed by atoms with Crippen molar-refractivity contribution in [2.45, 2.75) is 85.0 Å². The Labute approximate surface area is 189 Å². The molecule has 0 fully saturated rings. The Hall–Kier alpha value is -1.88. The van der Waals surface area contributed by atoms with Gasteiger partial charge in [-0.1, -0.05) is 90.7 Å². The second-order valence-electron chi connectivity index (χ2n) is 8.03. The normalized spacial score (nSPS) is 11.0. The minimum Gasteiger partial charge on any atom is -0.462 e. The Kier molecular flexibility index (Phi) is 15.6. The van der Waals surface area contributed by atoms with Crippen LogP contribution in [0.1, 0.15) is 106 Å². The van der Waals surface area contributed by atoms with Gasteiger partial charge in [-0.3, -0.25) is 0 Å². The lowest BCUT2D eigenvalue weighted by Gasteiger charge is -2.17. The molecule has 0 amide bonds. The van der Waals surface area contributed by atoms with Gasteiger partial charge in [0.1, 0.15) is 6.61 Å². The van der Waals surface area contributed by atoms with Gasteiger partial charge in [-0.15, -0.1) is 0 Å². The maximum absolute atomic E-state index is 12.5. The third kappa shape index (κ3) is 11.9. The number of ether oxygens (including phenoxy) is 2. The van der Waals surface area contributed by atoms with Crippen molar-refractivity contribution < 1.29 is 19.1 Å². The highest BCUT2D eigenvalue weighted by molar-refractivity contribution is 6.03. The third-order valence-corrected chi connectivity index (χ3v) is 5.63. The predicted octanol–water partition coefficient (Wildman–Crippen LogP) is 6.26. The summed E-state index contributed by atoms with van der Waals surface area (Å²) in [7, 11) is 0. The molecule has 1 aromatic carbocycles. The number of nitrogens with zero attached hydrogens (tertiary/aromatic N) is 1. The van der Waals surface area contributed by atoms with Gasteiger partial charge in [0.15, 0.2) is 0 Å². The van der Waals surface area contributed by atoms with Crippen molar-refractivity contribution in [2.75, 3.05) is 32.8 Å². The van der Waals surface area contributed by atoms with E-state index in [1.54, 1.807) is 24.3 Å². The van der Waals surface area contributed by atoms with Crippen LogP contribution in [0.3, 0.4) is 0 Å². The van der Waals surface area contributed by atoms with E-state index in [4.69, 9.17) is 9.47 Å².